The Bertz CT molecular complexity index is 674. The second-order valence-corrected chi connectivity index (χ2v) is 6.53. The maximum atomic E-state index is 11.9. The van der Waals surface area contributed by atoms with E-state index in [2.05, 4.69) is 10.1 Å². The summed E-state index contributed by atoms with van der Waals surface area (Å²) in [5, 5.41) is 9.67. The first kappa shape index (κ1) is 16.7. The van der Waals surface area contributed by atoms with Crippen LogP contribution in [0.2, 0.25) is 0 Å². The first-order valence-corrected chi connectivity index (χ1v) is 7.61. The molecular formula is C13H14N2O5S. The predicted molar refractivity (Wildman–Crippen MR) is 75.1 cm³/mol. The summed E-state index contributed by atoms with van der Waals surface area (Å²) >= 11 is 0. The van der Waals surface area contributed by atoms with Crippen molar-refractivity contribution in [2.45, 2.75) is 12.2 Å². The van der Waals surface area contributed by atoms with Crippen LogP contribution in [0, 0.1) is 11.3 Å². The topological polar surface area (TPSA) is 113 Å². The number of methoxy groups -OCH3 is 1. The molecule has 0 spiro atoms. The Morgan fingerprint density at radius 3 is 2.38 bits per heavy atom. The van der Waals surface area contributed by atoms with Crippen LogP contribution in [0.4, 0.5) is 5.69 Å². The Hall–Kier alpha value is -2.40. The van der Waals surface area contributed by atoms with E-state index in [0.29, 0.717) is 11.3 Å². The second-order valence-electron chi connectivity index (χ2n) is 4.20. The van der Waals surface area contributed by atoms with E-state index in [-0.39, 0.29) is 0 Å². The molecule has 0 heterocycles. The lowest BCUT2D eigenvalue weighted by molar-refractivity contribution is -0.137. The maximum Gasteiger partial charge on any atom is 0.320 e. The van der Waals surface area contributed by atoms with E-state index in [1.165, 1.54) is 31.2 Å². The molecule has 0 fully saturated rings. The fourth-order valence-corrected chi connectivity index (χ4v) is 2.46. The number of nitriles is 1. The lowest BCUT2D eigenvalue weighted by atomic mass is 10.2. The van der Waals surface area contributed by atoms with Crippen LogP contribution in [0.15, 0.2) is 24.3 Å². The van der Waals surface area contributed by atoms with Crippen molar-refractivity contribution in [3.63, 3.8) is 0 Å². The molecule has 8 heteroatoms. The van der Waals surface area contributed by atoms with E-state index in [1.807, 2.05) is 6.07 Å². The van der Waals surface area contributed by atoms with Gasteiger partial charge in [-0.25, -0.2) is 8.42 Å². The van der Waals surface area contributed by atoms with E-state index >= 15 is 0 Å². The highest BCUT2D eigenvalue weighted by molar-refractivity contribution is 7.93. The van der Waals surface area contributed by atoms with Gasteiger partial charge in [0.15, 0.2) is 9.84 Å². The lowest BCUT2D eigenvalue weighted by Gasteiger charge is -2.12. The van der Waals surface area contributed by atoms with Crippen molar-refractivity contribution in [3.05, 3.63) is 29.8 Å². The minimum atomic E-state index is -3.94. The number of esters is 1. The molecule has 0 aliphatic carbocycles. The quantitative estimate of drug-likeness (QED) is 0.791. The molecular weight excluding hydrogens is 296 g/mol. The van der Waals surface area contributed by atoms with E-state index in [4.69, 9.17) is 5.26 Å². The third kappa shape index (κ3) is 4.57. The number of carbonyl (C=O) groups is 2. The summed E-state index contributed by atoms with van der Waals surface area (Å²) in [6.45, 7) is 1.19. The van der Waals surface area contributed by atoms with E-state index in [9.17, 15) is 18.0 Å². The highest BCUT2D eigenvalue weighted by Crippen LogP contribution is 2.11. The van der Waals surface area contributed by atoms with Gasteiger partial charge in [0.1, 0.15) is 11.0 Å². The Morgan fingerprint density at radius 2 is 1.90 bits per heavy atom. The molecule has 1 atom stereocenters. The largest absolute Gasteiger partial charge is 0.468 e. The number of rotatable bonds is 5. The molecule has 0 bridgehead atoms. The Balaban J connectivity index is 2.78. The SMILES string of the molecule is COC(=O)CS(=O)(=O)C(C)C(=O)Nc1ccc(C#N)cc1. The molecule has 0 aromatic heterocycles. The number of hydrogen-bond donors (Lipinski definition) is 1. The number of benzene rings is 1. The summed E-state index contributed by atoms with van der Waals surface area (Å²) in [7, 11) is -2.87. The summed E-state index contributed by atoms with van der Waals surface area (Å²) in [6, 6.07) is 7.87. The van der Waals surface area contributed by atoms with Gasteiger partial charge in [0, 0.05) is 5.69 Å². The van der Waals surface area contributed by atoms with Gasteiger partial charge >= 0.3 is 5.97 Å². The molecule has 1 aromatic rings. The molecule has 1 N–H and O–H groups in total. The zero-order valence-corrected chi connectivity index (χ0v) is 12.3. The molecule has 7 nitrogen and oxygen atoms in total. The molecule has 1 aromatic carbocycles. The van der Waals surface area contributed by atoms with E-state index in [0.717, 1.165) is 7.11 Å². The van der Waals surface area contributed by atoms with Crippen LogP contribution in [0.1, 0.15) is 12.5 Å². The standard InChI is InChI=1S/C13H14N2O5S/c1-9(21(18,19)8-12(16)20-2)13(17)15-11-5-3-10(7-14)4-6-11/h3-6,9H,8H2,1-2H3,(H,15,17). The zero-order chi connectivity index (χ0) is 16.0. The van der Waals surface area contributed by atoms with E-state index in [1.54, 1.807) is 0 Å². The molecule has 1 amide bonds. The second kappa shape index (κ2) is 6.85. The monoisotopic (exact) mass is 310 g/mol. The molecule has 0 saturated carbocycles. The lowest BCUT2D eigenvalue weighted by Crippen LogP contribution is -2.36. The first-order valence-electron chi connectivity index (χ1n) is 5.89. The van der Waals surface area contributed by atoms with Crippen molar-refractivity contribution in [3.8, 4) is 6.07 Å². The summed E-state index contributed by atoms with van der Waals surface area (Å²) in [4.78, 5) is 22.9. The number of nitrogens with one attached hydrogen (secondary N) is 1. The summed E-state index contributed by atoms with van der Waals surface area (Å²) in [5.41, 5.74) is 0.776. The van der Waals surface area contributed by atoms with Crippen LogP contribution in [-0.2, 0) is 24.2 Å². The van der Waals surface area contributed by atoms with Gasteiger partial charge < -0.3 is 10.1 Å². The van der Waals surface area contributed by atoms with Crippen LogP contribution in [0.25, 0.3) is 0 Å². The number of amides is 1. The van der Waals surface area contributed by atoms with Crippen molar-refractivity contribution in [1.82, 2.24) is 0 Å². The van der Waals surface area contributed by atoms with Crippen molar-refractivity contribution in [1.29, 1.82) is 5.26 Å². The Labute approximate surface area is 122 Å². The molecule has 0 aliphatic rings. The van der Waals surface area contributed by atoms with E-state index < -0.39 is 32.7 Å². The van der Waals surface area contributed by atoms with Gasteiger partial charge in [-0.1, -0.05) is 0 Å². The van der Waals surface area contributed by atoms with Crippen LogP contribution in [0.3, 0.4) is 0 Å². The Kier molecular flexibility index (Phi) is 5.44. The minimum Gasteiger partial charge on any atom is -0.468 e. The van der Waals surface area contributed by atoms with Crippen LogP contribution < -0.4 is 5.32 Å². The molecule has 0 aliphatic heterocycles. The van der Waals surface area contributed by atoms with Gasteiger partial charge in [-0.2, -0.15) is 5.26 Å². The van der Waals surface area contributed by atoms with Gasteiger partial charge in [-0.05, 0) is 31.2 Å². The first-order chi connectivity index (χ1) is 9.80. The molecule has 21 heavy (non-hydrogen) atoms. The van der Waals surface area contributed by atoms with Crippen molar-refractivity contribution in [2.24, 2.45) is 0 Å². The number of anilines is 1. The van der Waals surface area contributed by atoms with Gasteiger partial charge in [-0.3, -0.25) is 9.59 Å². The number of nitrogens with zero attached hydrogens (tertiary/aromatic N) is 1. The van der Waals surface area contributed by atoms with Crippen LogP contribution in [0.5, 0.6) is 0 Å². The van der Waals surface area contributed by atoms with Crippen molar-refractivity contribution < 1.29 is 22.7 Å². The molecule has 1 unspecified atom stereocenters. The molecule has 0 radical (unpaired) electrons. The highest BCUT2D eigenvalue weighted by atomic mass is 32.2. The number of sulfone groups is 1. The maximum absolute atomic E-state index is 11.9. The zero-order valence-electron chi connectivity index (χ0n) is 11.5. The third-order valence-electron chi connectivity index (χ3n) is 2.74. The average molecular weight is 310 g/mol. The Morgan fingerprint density at radius 1 is 1.33 bits per heavy atom. The van der Waals surface area contributed by atoms with Gasteiger partial charge in [-0.15, -0.1) is 0 Å². The number of hydrogen-bond acceptors (Lipinski definition) is 6. The van der Waals surface area contributed by atoms with Crippen LogP contribution in [-0.4, -0.2) is 38.4 Å². The summed E-state index contributed by atoms with van der Waals surface area (Å²) in [6.07, 6.45) is 0. The average Bonchev–Trinajstić information content (AvgIpc) is 2.46. The van der Waals surface area contributed by atoms with Gasteiger partial charge in [0.25, 0.3) is 0 Å². The van der Waals surface area contributed by atoms with Crippen LogP contribution >= 0.6 is 0 Å². The normalized spacial score (nSPS) is 12.0. The summed E-state index contributed by atoms with van der Waals surface area (Å²) in [5.74, 6) is -2.54. The van der Waals surface area contributed by atoms with Crippen molar-refractivity contribution in [2.75, 3.05) is 18.2 Å². The predicted octanol–water partition coefficient (Wildman–Crippen LogP) is 0.473. The van der Waals surface area contributed by atoms with Crippen molar-refractivity contribution >= 4 is 27.4 Å². The molecule has 0 saturated heterocycles. The summed E-state index contributed by atoms with van der Waals surface area (Å²) < 4.78 is 27.9. The van der Waals surface area contributed by atoms with Gasteiger partial charge in [0.05, 0.1) is 18.7 Å². The van der Waals surface area contributed by atoms with Gasteiger partial charge in [0.2, 0.25) is 5.91 Å². The fourth-order valence-electron chi connectivity index (χ4n) is 1.38. The number of ether oxygens (including phenoxy) is 1. The third-order valence-corrected chi connectivity index (χ3v) is 4.67. The fraction of sp³-hybridized carbons (Fsp3) is 0.308. The highest BCUT2D eigenvalue weighted by Gasteiger charge is 2.30. The molecule has 1 rings (SSSR count). The minimum absolute atomic E-state index is 0.360. The smallest absolute Gasteiger partial charge is 0.320 e. The number of carbonyl (C=O) groups excluding carboxylic acids is 2. The molecule has 112 valence electrons.